The Labute approximate surface area is 156 Å². The van der Waals surface area contributed by atoms with Crippen LogP contribution in [-0.2, 0) is 16.4 Å². The van der Waals surface area contributed by atoms with E-state index in [2.05, 4.69) is 9.88 Å². The van der Waals surface area contributed by atoms with Crippen LogP contribution < -0.4 is 0 Å². The number of likely N-dealkylation sites (tertiary alicyclic amines) is 1. The molecule has 134 valence electrons. The van der Waals surface area contributed by atoms with Crippen molar-refractivity contribution in [1.82, 2.24) is 9.88 Å². The monoisotopic (exact) mass is 386 g/mol. The summed E-state index contributed by atoms with van der Waals surface area (Å²) < 4.78 is 31.2. The van der Waals surface area contributed by atoms with Crippen LogP contribution in [0.4, 0.5) is 0 Å². The molecule has 5 rings (SSSR count). The first kappa shape index (κ1) is 16.2. The van der Waals surface area contributed by atoms with Crippen LogP contribution in [-0.4, -0.2) is 36.6 Å². The summed E-state index contributed by atoms with van der Waals surface area (Å²) in [4.78, 5) is 8.28. The van der Waals surface area contributed by atoms with E-state index in [9.17, 15) is 8.42 Å². The van der Waals surface area contributed by atoms with Crippen LogP contribution in [0, 0.1) is 6.92 Å². The fraction of sp³-hybridized carbons (Fsp3) is 0.316. The number of benzene rings is 1. The Hall–Kier alpha value is -1.96. The van der Waals surface area contributed by atoms with Crippen molar-refractivity contribution in [3.63, 3.8) is 0 Å². The van der Waals surface area contributed by atoms with E-state index in [1.54, 1.807) is 29.9 Å². The highest BCUT2D eigenvalue weighted by molar-refractivity contribution is 7.92. The van der Waals surface area contributed by atoms with Crippen molar-refractivity contribution in [2.45, 2.75) is 29.5 Å². The fourth-order valence-electron chi connectivity index (χ4n) is 4.14. The molecule has 0 saturated carbocycles. The van der Waals surface area contributed by atoms with Crippen molar-refractivity contribution in [3.05, 3.63) is 58.4 Å². The van der Waals surface area contributed by atoms with Gasteiger partial charge in [-0.15, -0.1) is 11.3 Å². The minimum absolute atomic E-state index is 0.0371. The molecule has 1 aromatic carbocycles. The molecule has 2 unspecified atom stereocenters. The van der Waals surface area contributed by atoms with Gasteiger partial charge in [-0.25, -0.2) is 13.4 Å². The highest BCUT2D eigenvalue weighted by Crippen LogP contribution is 2.46. The molecule has 7 heteroatoms. The Morgan fingerprint density at radius 3 is 2.88 bits per heavy atom. The normalized spacial score (nSPS) is 23.9. The van der Waals surface area contributed by atoms with Gasteiger partial charge in [0.05, 0.1) is 33.9 Å². The maximum Gasteiger partial charge on any atom is 0.183 e. The second kappa shape index (κ2) is 5.77. The Balaban J connectivity index is 1.50. The third kappa shape index (κ3) is 2.38. The van der Waals surface area contributed by atoms with Crippen LogP contribution in [0.1, 0.15) is 22.1 Å². The maximum atomic E-state index is 13.0. The van der Waals surface area contributed by atoms with Gasteiger partial charge in [-0.05, 0) is 36.2 Å². The first-order valence-corrected chi connectivity index (χ1v) is 11.0. The van der Waals surface area contributed by atoms with Gasteiger partial charge in [-0.1, -0.05) is 6.07 Å². The van der Waals surface area contributed by atoms with Crippen LogP contribution in [0.5, 0.6) is 0 Å². The van der Waals surface area contributed by atoms with Crippen molar-refractivity contribution in [2.24, 2.45) is 0 Å². The second-order valence-electron chi connectivity index (χ2n) is 7.01. The van der Waals surface area contributed by atoms with Gasteiger partial charge in [0.1, 0.15) is 0 Å². The molecule has 0 N–H and O–H groups in total. The summed E-state index contributed by atoms with van der Waals surface area (Å²) in [5.74, 6) is 0.0371. The Morgan fingerprint density at radius 1 is 1.27 bits per heavy atom. The van der Waals surface area contributed by atoms with Crippen LogP contribution >= 0.6 is 11.3 Å². The zero-order valence-electron chi connectivity index (χ0n) is 14.3. The van der Waals surface area contributed by atoms with Gasteiger partial charge in [0.15, 0.2) is 9.84 Å². The van der Waals surface area contributed by atoms with E-state index in [4.69, 9.17) is 4.42 Å². The summed E-state index contributed by atoms with van der Waals surface area (Å²) in [6.07, 6.45) is 3.33. The van der Waals surface area contributed by atoms with Crippen LogP contribution in [0.3, 0.4) is 0 Å². The predicted molar refractivity (Wildman–Crippen MR) is 100.0 cm³/mol. The number of furan rings is 1. The highest BCUT2D eigenvalue weighted by Gasteiger charge is 2.50. The molecule has 0 bridgehead atoms. The van der Waals surface area contributed by atoms with E-state index in [-0.39, 0.29) is 11.2 Å². The lowest BCUT2D eigenvalue weighted by molar-refractivity contribution is 0.327. The molecule has 0 aliphatic carbocycles. The maximum absolute atomic E-state index is 13.0. The van der Waals surface area contributed by atoms with Crippen LogP contribution in [0.15, 0.2) is 51.6 Å². The van der Waals surface area contributed by atoms with E-state index in [0.29, 0.717) is 11.4 Å². The van der Waals surface area contributed by atoms with Crippen LogP contribution in [0.25, 0.3) is 11.1 Å². The topological polar surface area (TPSA) is 63.4 Å². The largest absolute Gasteiger partial charge is 0.472 e. The van der Waals surface area contributed by atoms with Gasteiger partial charge >= 0.3 is 0 Å². The minimum atomic E-state index is -3.27. The van der Waals surface area contributed by atoms with Gasteiger partial charge < -0.3 is 4.42 Å². The summed E-state index contributed by atoms with van der Waals surface area (Å²) in [6, 6.07) is 7.57. The quantitative estimate of drug-likeness (QED) is 0.690. The van der Waals surface area contributed by atoms with Crippen molar-refractivity contribution in [3.8, 4) is 11.1 Å². The first-order valence-electron chi connectivity index (χ1n) is 8.56. The molecule has 2 atom stereocenters. The van der Waals surface area contributed by atoms with Gasteiger partial charge in [-0.2, -0.15) is 0 Å². The van der Waals surface area contributed by atoms with Gasteiger partial charge in [0.2, 0.25) is 0 Å². The number of rotatable bonds is 3. The molecular formula is C19H18N2O3S2. The van der Waals surface area contributed by atoms with E-state index in [1.807, 2.05) is 30.6 Å². The number of sulfone groups is 1. The number of aromatic nitrogens is 1. The first-order chi connectivity index (χ1) is 12.5. The summed E-state index contributed by atoms with van der Waals surface area (Å²) in [5.41, 5.74) is 5.83. The SMILES string of the molecule is Cc1ncsc1CN1CC2c3cc(-c4ccoc4)ccc3S(=O)(=O)C2C1. The molecule has 5 nitrogen and oxygen atoms in total. The second-order valence-corrected chi connectivity index (χ2v) is 10.1. The number of aryl methyl sites for hydroxylation is 1. The molecular weight excluding hydrogens is 368 g/mol. The Bertz CT molecular complexity index is 1070. The number of hydrogen-bond acceptors (Lipinski definition) is 6. The predicted octanol–water partition coefficient (Wildman–Crippen LogP) is 3.47. The number of thiazole rings is 1. The zero-order chi connectivity index (χ0) is 17.9. The van der Waals surface area contributed by atoms with Crippen molar-refractivity contribution < 1.29 is 12.8 Å². The lowest BCUT2D eigenvalue weighted by atomic mass is 9.95. The van der Waals surface area contributed by atoms with Crippen molar-refractivity contribution >= 4 is 21.2 Å². The molecule has 3 aromatic rings. The third-order valence-electron chi connectivity index (χ3n) is 5.52. The van der Waals surface area contributed by atoms with E-state index >= 15 is 0 Å². The Kier molecular flexibility index (Phi) is 3.60. The zero-order valence-corrected chi connectivity index (χ0v) is 15.9. The van der Waals surface area contributed by atoms with Crippen molar-refractivity contribution in [1.29, 1.82) is 0 Å². The third-order valence-corrected chi connectivity index (χ3v) is 8.70. The molecule has 1 fully saturated rings. The lowest BCUT2D eigenvalue weighted by Gasteiger charge is -2.16. The molecule has 4 heterocycles. The van der Waals surface area contributed by atoms with E-state index in [1.165, 1.54) is 4.88 Å². The van der Waals surface area contributed by atoms with E-state index in [0.717, 1.165) is 35.5 Å². The molecule has 26 heavy (non-hydrogen) atoms. The van der Waals surface area contributed by atoms with E-state index < -0.39 is 9.84 Å². The molecule has 2 aliphatic rings. The van der Waals surface area contributed by atoms with Gasteiger partial charge in [0, 0.05) is 36.0 Å². The average Bonchev–Trinajstić information content (AvgIpc) is 3.38. The molecule has 0 spiro atoms. The molecule has 0 radical (unpaired) electrons. The molecule has 2 aliphatic heterocycles. The number of fused-ring (bicyclic) bond motifs is 3. The molecule has 2 aromatic heterocycles. The summed E-state index contributed by atoms with van der Waals surface area (Å²) in [5, 5.41) is -0.342. The summed E-state index contributed by atoms with van der Waals surface area (Å²) in [7, 11) is -3.27. The van der Waals surface area contributed by atoms with Crippen LogP contribution in [0.2, 0.25) is 0 Å². The average molecular weight is 386 g/mol. The van der Waals surface area contributed by atoms with Gasteiger partial charge in [-0.3, -0.25) is 4.90 Å². The fourth-order valence-corrected chi connectivity index (χ4v) is 7.16. The Morgan fingerprint density at radius 2 is 2.15 bits per heavy atom. The van der Waals surface area contributed by atoms with Gasteiger partial charge in [0.25, 0.3) is 0 Å². The number of nitrogens with zero attached hydrogens (tertiary/aromatic N) is 2. The smallest absolute Gasteiger partial charge is 0.183 e. The minimum Gasteiger partial charge on any atom is -0.472 e. The molecule has 1 saturated heterocycles. The highest BCUT2D eigenvalue weighted by atomic mass is 32.2. The molecule has 0 amide bonds. The van der Waals surface area contributed by atoms with Crippen molar-refractivity contribution in [2.75, 3.05) is 13.1 Å². The summed E-state index contributed by atoms with van der Waals surface area (Å²) in [6.45, 7) is 4.13. The lowest BCUT2D eigenvalue weighted by Crippen LogP contribution is -2.25. The number of hydrogen-bond donors (Lipinski definition) is 0. The summed E-state index contributed by atoms with van der Waals surface area (Å²) >= 11 is 1.64. The standard InChI is InChI=1S/C19H18N2O3S2/c1-12-17(25-11-20-12)8-21-7-16-15-6-13(14-4-5-24-10-14)2-3-18(15)26(22,23)19(16)9-21/h2-6,10-11,16,19H,7-9H2,1H3.